The standard InChI is InChI=1S/C19H22N2O2/c1-23-17-8-4-5-14(11-17)9-10-20-19(22)18-12-15-6-2-3-7-16(15)13-21-18/h2-8,11,18,21H,9-10,12-13H2,1H3,(H,20,22). The molecule has 0 saturated heterocycles. The van der Waals surface area contributed by atoms with Crippen LogP contribution in [0.2, 0.25) is 0 Å². The van der Waals surface area contributed by atoms with Crippen molar-refractivity contribution in [2.75, 3.05) is 13.7 Å². The summed E-state index contributed by atoms with van der Waals surface area (Å²) in [4.78, 5) is 12.3. The van der Waals surface area contributed by atoms with Crippen LogP contribution in [-0.4, -0.2) is 25.6 Å². The molecule has 0 fully saturated rings. The normalized spacial score (nSPS) is 16.5. The van der Waals surface area contributed by atoms with Crippen molar-refractivity contribution >= 4 is 5.91 Å². The first-order chi connectivity index (χ1) is 11.3. The summed E-state index contributed by atoms with van der Waals surface area (Å²) in [6.07, 6.45) is 1.55. The minimum absolute atomic E-state index is 0.0717. The molecule has 0 aromatic heterocycles. The number of ether oxygens (including phenoxy) is 1. The summed E-state index contributed by atoms with van der Waals surface area (Å²) in [5.74, 6) is 0.918. The third kappa shape index (κ3) is 3.90. The fourth-order valence-corrected chi connectivity index (χ4v) is 2.92. The lowest BCUT2D eigenvalue weighted by Gasteiger charge is -2.25. The maximum Gasteiger partial charge on any atom is 0.237 e. The molecule has 4 nitrogen and oxygen atoms in total. The van der Waals surface area contributed by atoms with E-state index in [1.54, 1.807) is 7.11 Å². The van der Waals surface area contributed by atoms with Crippen molar-refractivity contribution in [3.63, 3.8) is 0 Å². The quantitative estimate of drug-likeness (QED) is 0.889. The van der Waals surface area contributed by atoms with Crippen LogP contribution in [0.25, 0.3) is 0 Å². The van der Waals surface area contributed by atoms with Gasteiger partial charge in [0.25, 0.3) is 0 Å². The van der Waals surface area contributed by atoms with Crippen LogP contribution in [0.3, 0.4) is 0 Å². The Balaban J connectivity index is 1.50. The smallest absolute Gasteiger partial charge is 0.237 e. The Morgan fingerprint density at radius 1 is 1.22 bits per heavy atom. The van der Waals surface area contributed by atoms with Crippen molar-refractivity contribution in [2.24, 2.45) is 0 Å². The molecule has 4 heteroatoms. The van der Waals surface area contributed by atoms with E-state index in [4.69, 9.17) is 4.74 Å². The van der Waals surface area contributed by atoms with Crippen LogP contribution >= 0.6 is 0 Å². The average Bonchev–Trinajstić information content (AvgIpc) is 2.61. The van der Waals surface area contributed by atoms with Gasteiger partial charge >= 0.3 is 0 Å². The van der Waals surface area contributed by atoms with Gasteiger partial charge in [0, 0.05) is 13.1 Å². The first-order valence-corrected chi connectivity index (χ1v) is 7.97. The second-order valence-electron chi connectivity index (χ2n) is 5.80. The molecule has 1 unspecified atom stereocenters. The van der Waals surface area contributed by atoms with Gasteiger partial charge in [0.1, 0.15) is 5.75 Å². The summed E-state index contributed by atoms with van der Waals surface area (Å²) in [6.45, 7) is 1.38. The Bertz CT molecular complexity index is 685. The molecule has 2 aromatic carbocycles. The third-order valence-corrected chi connectivity index (χ3v) is 4.24. The lowest BCUT2D eigenvalue weighted by Crippen LogP contribution is -2.48. The van der Waals surface area contributed by atoms with Crippen LogP contribution in [0.1, 0.15) is 16.7 Å². The molecule has 2 N–H and O–H groups in total. The van der Waals surface area contributed by atoms with E-state index >= 15 is 0 Å². The van der Waals surface area contributed by atoms with Crippen molar-refractivity contribution in [3.05, 3.63) is 65.2 Å². The number of amides is 1. The zero-order valence-corrected chi connectivity index (χ0v) is 13.3. The van der Waals surface area contributed by atoms with E-state index in [-0.39, 0.29) is 11.9 Å². The third-order valence-electron chi connectivity index (χ3n) is 4.24. The van der Waals surface area contributed by atoms with E-state index in [0.717, 1.165) is 30.7 Å². The fraction of sp³-hybridized carbons (Fsp3) is 0.316. The molecule has 1 amide bonds. The first kappa shape index (κ1) is 15.6. The molecule has 3 rings (SSSR count). The van der Waals surface area contributed by atoms with Gasteiger partial charge in [-0.05, 0) is 41.7 Å². The Morgan fingerprint density at radius 3 is 2.87 bits per heavy atom. The molecule has 1 heterocycles. The predicted octanol–water partition coefficient (Wildman–Crippen LogP) is 2.07. The van der Waals surface area contributed by atoms with E-state index < -0.39 is 0 Å². The number of methoxy groups -OCH3 is 1. The van der Waals surface area contributed by atoms with E-state index in [2.05, 4.69) is 22.8 Å². The van der Waals surface area contributed by atoms with E-state index in [1.807, 2.05) is 36.4 Å². The van der Waals surface area contributed by atoms with Crippen LogP contribution in [0, 0.1) is 0 Å². The highest BCUT2D eigenvalue weighted by atomic mass is 16.5. The summed E-state index contributed by atoms with van der Waals surface area (Å²) in [7, 11) is 1.66. The van der Waals surface area contributed by atoms with Crippen LogP contribution < -0.4 is 15.4 Å². The van der Waals surface area contributed by atoms with Crippen LogP contribution in [0.4, 0.5) is 0 Å². The molecule has 0 saturated carbocycles. The summed E-state index contributed by atoms with van der Waals surface area (Å²) >= 11 is 0. The fourth-order valence-electron chi connectivity index (χ4n) is 2.92. The Kier molecular flexibility index (Phi) is 4.93. The van der Waals surface area contributed by atoms with E-state index in [1.165, 1.54) is 11.1 Å². The van der Waals surface area contributed by atoms with Gasteiger partial charge in [-0.2, -0.15) is 0 Å². The number of benzene rings is 2. The molecule has 2 aromatic rings. The molecule has 0 radical (unpaired) electrons. The summed E-state index contributed by atoms with van der Waals surface area (Å²) in [6, 6.07) is 16.1. The van der Waals surface area contributed by atoms with Crippen molar-refractivity contribution in [3.8, 4) is 5.75 Å². The first-order valence-electron chi connectivity index (χ1n) is 7.97. The maximum absolute atomic E-state index is 12.3. The largest absolute Gasteiger partial charge is 0.497 e. The van der Waals surface area contributed by atoms with E-state index in [9.17, 15) is 4.79 Å². The van der Waals surface area contributed by atoms with Gasteiger partial charge in [0.2, 0.25) is 5.91 Å². The average molecular weight is 310 g/mol. The van der Waals surface area contributed by atoms with Gasteiger partial charge in [-0.15, -0.1) is 0 Å². The molecule has 1 aliphatic heterocycles. The lowest BCUT2D eigenvalue weighted by molar-refractivity contribution is -0.123. The number of carbonyl (C=O) groups is 1. The molecule has 0 spiro atoms. The summed E-state index contributed by atoms with van der Waals surface area (Å²) in [5.41, 5.74) is 3.71. The zero-order valence-electron chi connectivity index (χ0n) is 13.3. The molecule has 1 atom stereocenters. The van der Waals surface area contributed by atoms with Crippen LogP contribution in [-0.2, 0) is 24.2 Å². The monoisotopic (exact) mass is 310 g/mol. The summed E-state index contributed by atoms with van der Waals surface area (Å²) < 4.78 is 5.21. The van der Waals surface area contributed by atoms with Gasteiger partial charge in [0.05, 0.1) is 13.2 Å². The lowest BCUT2D eigenvalue weighted by atomic mass is 9.95. The number of rotatable bonds is 5. The highest BCUT2D eigenvalue weighted by molar-refractivity contribution is 5.82. The number of hydrogen-bond donors (Lipinski definition) is 2. The summed E-state index contributed by atoms with van der Waals surface area (Å²) in [5, 5.41) is 6.34. The van der Waals surface area contributed by atoms with Gasteiger partial charge in [-0.25, -0.2) is 0 Å². The number of fused-ring (bicyclic) bond motifs is 1. The minimum Gasteiger partial charge on any atom is -0.497 e. The molecule has 120 valence electrons. The Labute approximate surface area is 136 Å². The highest BCUT2D eigenvalue weighted by Crippen LogP contribution is 2.16. The van der Waals surface area contributed by atoms with Gasteiger partial charge in [0.15, 0.2) is 0 Å². The molecule has 1 aliphatic rings. The topological polar surface area (TPSA) is 50.4 Å². The second-order valence-corrected chi connectivity index (χ2v) is 5.80. The Morgan fingerprint density at radius 2 is 2.04 bits per heavy atom. The SMILES string of the molecule is COc1cccc(CCNC(=O)C2Cc3ccccc3CN2)c1. The minimum atomic E-state index is -0.143. The van der Waals surface area contributed by atoms with Crippen molar-refractivity contribution in [1.29, 1.82) is 0 Å². The molecule has 0 bridgehead atoms. The van der Waals surface area contributed by atoms with Gasteiger partial charge in [-0.3, -0.25) is 4.79 Å². The number of nitrogens with one attached hydrogen (secondary N) is 2. The molecule has 23 heavy (non-hydrogen) atoms. The van der Waals surface area contributed by atoms with Crippen LogP contribution in [0.15, 0.2) is 48.5 Å². The van der Waals surface area contributed by atoms with Gasteiger partial charge in [-0.1, -0.05) is 36.4 Å². The highest BCUT2D eigenvalue weighted by Gasteiger charge is 2.23. The number of hydrogen-bond acceptors (Lipinski definition) is 3. The molecular weight excluding hydrogens is 288 g/mol. The number of carbonyl (C=O) groups excluding carboxylic acids is 1. The molecular formula is C19H22N2O2. The van der Waals surface area contributed by atoms with Crippen molar-refractivity contribution in [2.45, 2.75) is 25.4 Å². The van der Waals surface area contributed by atoms with Crippen molar-refractivity contribution in [1.82, 2.24) is 10.6 Å². The van der Waals surface area contributed by atoms with Crippen molar-refractivity contribution < 1.29 is 9.53 Å². The maximum atomic E-state index is 12.3. The second kappa shape index (κ2) is 7.29. The Hall–Kier alpha value is -2.33. The van der Waals surface area contributed by atoms with Crippen LogP contribution in [0.5, 0.6) is 5.75 Å². The zero-order chi connectivity index (χ0) is 16.1. The van der Waals surface area contributed by atoms with E-state index in [0.29, 0.717) is 6.54 Å². The van der Waals surface area contributed by atoms with Gasteiger partial charge < -0.3 is 15.4 Å². The molecule has 0 aliphatic carbocycles. The predicted molar refractivity (Wildman–Crippen MR) is 90.5 cm³/mol.